The average Bonchev–Trinajstić information content (AvgIpc) is 2.85. The van der Waals surface area contributed by atoms with Gasteiger partial charge in [0.1, 0.15) is 5.82 Å². The molecule has 4 rings (SSSR count). The van der Waals surface area contributed by atoms with Gasteiger partial charge in [-0.15, -0.1) is 0 Å². The summed E-state index contributed by atoms with van der Waals surface area (Å²) in [5.74, 6) is -0.266. The van der Waals surface area contributed by atoms with Crippen molar-refractivity contribution in [2.75, 3.05) is 11.9 Å². The molecule has 0 aliphatic carbocycles. The zero-order valence-corrected chi connectivity index (χ0v) is 18.1. The van der Waals surface area contributed by atoms with E-state index >= 15 is 0 Å². The maximum Gasteiger partial charge on any atom is 0.416 e. The number of benzene rings is 3. The van der Waals surface area contributed by atoms with Crippen molar-refractivity contribution in [3.05, 3.63) is 126 Å². The van der Waals surface area contributed by atoms with Crippen molar-refractivity contribution < 1.29 is 18.0 Å². The third kappa shape index (κ3) is 5.61. The van der Waals surface area contributed by atoms with Gasteiger partial charge < -0.3 is 10.6 Å². The first kappa shape index (κ1) is 23.0. The largest absolute Gasteiger partial charge is 0.416 e. The fraction of sp³-hybridized carbons (Fsp3) is 0.111. The smallest absolute Gasteiger partial charge is 0.351 e. The summed E-state index contributed by atoms with van der Waals surface area (Å²) in [7, 11) is 0. The molecule has 1 aromatic heterocycles. The normalized spacial score (nSPS) is 11.3. The van der Waals surface area contributed by atoms with Gasteiger partial charge in [0.2, 0.25) is 0 Å². The Labute approximate surface area is 195 Å². The molecule has 0 saturated heterocycles. The van der Waals surface area contributed by atoms with E-state index in [1.54, 1.807) is 12.1 Å². The van der Waals surface area contributed by atoms with E-state index in [1.165, 1.54) is 18.3 Å². The van der Waals surface area contributed by atoms with Crippen molar-refractivity contribution >= 4 is 17.4 Å². The summed E-state index contributed by atoms with van der Waals surface area (Å²) < 4.78 is 39.2. The summed E-state index contributed by atoms with van der Waals surface area (Å²) in [5, 5.41) is 5.80. The summed E-state index contributed by atoms with van der Waals surface area (Å²) in [4.78, 5) is 17.3. The molecule has 1 amide bonds. The van der Waals surface area contributed by atoms with Gasteiger partial charge in [-0.05, 0) is 41.5 Å². The monoisotopic (exact) mass is 461 g/mol. The number of carbonyl (C=O) groups is 1. The van der Waals surface area contributed by atoms with Gasteiger partial charge in [-0.25, -0.2) is 4.98 Å². The number of hydrogen-bond donors (Lipinski definition) is 2. The molecule has 0 atom stereocenters. The maximum absolute atomic E-state index is 13.1. The summed E-state index contributed by atoms with van der Waals surface area (Å²) in [6.45, 7) is 0.338. The fourth-order valence-corrected chi connectivity index (χ4v) is 3.69. The van der Waals surface area contributed by atoms with Crippen LogP contribution in [-0.4, -0.2) is 17.4 Å². The first-order chi connectivity index (χ1) is 16.4. The van der Waals surface area contributed by atoms with Gasteiger partial charge in [-0.2, -0.15) is 13.2 Å². The number of aromatic nitrogens is 1. The van der Waals surface area contributed by atoms with Crippen molar-refractivity contribution in [2.45, 2.75) is 12.1 Å². The molecule has 0 aliphatic heterocycles. The van der Waals surface area contributed by atoms with Crippen LogP contribution in [0.2, 0.25) is 0 Å². The summed E-state index contributed by atoms with van der Waals surface area (Å²) in [6, 6.07) is 27.7. The van der Waals surface area contributed by atoms with Crippen LogP contribution < -0.4 is 10.6 Å². The zero-order chi connectivity index (χ0) is 24.0. The number of rotatable bonds is 7. The van der Waals surface area contributed by atoms with Gasteiger partial charge in [0.25, 0.3) is 5.91 Å². The molecule has 1 heterocycles. The number of hydrogen-bond acceptors (Lipinski definition) is 3. The molecule has 0 spiro atoms. The molecule has 34 heavy (non-hydrogen) atoms. The number of anilines is 2. The standard InChI is InChI=1S/C27H22F3N3O/c28-27(29,30)21-13-7-14-22(17-21)33-25-23(15-8-16-31-25)26(34)32-18-24(19-9-3-1-4-10-19)20-11-5-2-6-12-20/h1-17,24H,18H2,(H,31,33)(H,32,34). The first-order valence-corrected chi connectivity index (χ1v) is 10.7. The van der Waals surface area contributed by atoms with Gasteiger partial charge in [-0.1, -0.05) is 66.7 Å². The number of amides is 1. The molecule has 4 aromatic rings. The molecule has 7 heteroatoms. The van der Waals surface area contributed by atoms with Crippen LogP contribution in [0.25, 0.3) is 0 Å². The molecule has 0 radical (unpaired) electrons. The Morgan fingerprint density at radius 1 is 0.824 bits per heavy atom. The molecule has 0 bridgehead atoms. The van der Waals surface area contributed by atoms with E-state index in [2.05, 4.69) is 15.6 Å². The lowest BCUT2D eigenvalue weighted by atomic mass is 9.91. The summed E-state index contributed by atoms with van der Waals surface area (Å²) >= 11 is 0. The molecule has 3 aromatic carbocycles. The molecular weight excluding hydrogens is 439 g/mol. The lowest BCUT2D eigenvalue weighted by molar-refractivity contribution is -0.137. The lowest BCUT2D eigenvalue weighted by Crippen LogP contribution is -2.29. The minimum Gasteiger partial charge on any atom is -0.351 e. The molecule has 0 saturated carbocycles. The Hall–Kier alpha value is -4.13. The van der Waals surface area contributed by atoms with E-state index in [4.69, 9.17) is 0 Å². The van der Waals surface area contributed by atoms with E-state index in [0.29, 0.717) is 6.54 Å². The molecule has 4 nitrogen and oxygen atoms in total. The topological polar surface area (TPSA) is 54.0 Å². The van der Waals surface area contributed by atoms with Gasteiger partial charge in [0, 0.05) is 24.3 Å². The second kappa shape index (κ2) is 10.2. The van der Waals surface area contributed by atoms with Crippen molar-refractivity contribution in [3.8, 4) is 0 Å². The van der Waals surface area contributed by atoms with Crippen molar-refractivity contribution in [3.63, 3.8) is 0 Å². The highest BCUT2D eigenvalue weighted by atomic mass is 19.4. The van der Waals surface area contributed by atoms with Crippen LogP contribution in [0.5, 0.6) is 0 Å². The molecule has 172 valence electrons. The quantitative estimate of drug-likeness (QED) is 0.335. The Kier molecular flexibility index (Phi) is 6.92. The molecule has 0 unspecified atom stereocenters. The number of nitrogens with one attached hydrogen (secondary N) is 2. The third-order valence-electron chi connectivity index (χ3n) is 5.38. The van der Waals surface area contributed by atoms with E-state index in [9.17, 15) is 18.0 Å². The zero-order valence-electron chi connectivity index (χ0n) is 18.1. The fourth-order valence-electron chi connectivity index (χ4n) is 3.69. The number of nitrogens with zero attached hydrogens (tertiary/aromatic N) is 1. The van der Waals surface area contributed by atoms with Crippen LogP contribution in [0.3, 0.4) is 0 Å². The van der Waals surface area contributed by atoms with Crippen molar-refractivity contribution in [2.24, 2.45) is 0 Å². The highest BCUT2D eigenvalue weighted by molar-refractivity contribution is 5.99. The van der Waals surface area contributed by atoms with Crippen LogP contribution in [0, 0.1) is 0 Å². The van der Waals surface area contributed by atoms with Crippen LogP contribution in [0.1, 0.15) is 33.0 Å². The SMILES string of the molecule is O=C(NCC(c1ccccc1)c1ccccc1)c1cccnc1Nc1cccc(C(F)(F)F)c1. The number of alkyl halides is 3. The van der Waals surface area contributed by atoms with E-state index in [1.807, 2.05) is 60.7 Å². The minimum absolute atomic E-state index is 0.0668. The second-order valence-corrected chi connectivity index (χ2v) is 7.69. The van der Waals surface area contributed by atoms with Crippen molar-refractivity contribution in [1.29, 1.82) is 0 Å². The van der Waals surface area contributed by atoms with E-state index in [0.717, 1.165) is 23.3 Å². The van der Waals surface area contributed by atoms with Gasteiger partial charge in [0.15, 0.2) is 0 Å². The third-order valence-corrected chi connectivity index (χ3v) is 5.38. The Morgan fingerprint density at radius 3 is 2.09 bits per heavy atom. The predicted molar refractivity (Wildman–Crippen MR) is 126 cm³/mol. The van der Waals surface area contributed by atoms with Gasteiger partial charge >= 0.3 is 6.18 Å². The summed E-state index contributed by atoms with van der Waals surface area (Å²) in [5.41, 5.74) is 1.76. The Bertz CT molecular complexity index is 1210. The Morgan fingerprint density at radius 2 is 1.47 bits per heavy atom. The number of carbonyl (C=O) groups excluding carboxylic acids is 1. The van der Waals surface area contributed by atoms with Crippen LogP contribution in [-0.2, 0) is 6.18 Å². The first-order valence-electron chi connectivity index (χ1n) is 10.7. The highest BCUT2D eigenvalue weighted by Gasteiger charge is 2.30. The minimum atomic E-state index is -4.47. The number of pyridine rings is 1. The van der Waals surface area contributed by atoms with E-state index in [-0.39, 0.29) is 28.9 Å². The highest BCUT2D eigenvalue weighted by Crippen LogP contribution is 2.31. The average molecular weight is 461 g/mol. The maximum atomic E-state index is 13.1. The lowest BCUT2D eigenvalue weighted by Gasteiger charge is -2.19. The van der Waals surface area contributed by atoms with Gasteiger partial charge in [0.05, 0.1) is 11.1 Å². The van der Waals surface area contributed by atoms with E-state index < -0.39 is 11.7 Å². The van der Waals surface area contributed by atoms with Crippen LogP contribution in [0.4, 0.5) is 24.7 Å². The van der Waals surface area contributed by atoms with Crippen LogP contribution >= 0.6 is 0 Å². The Balaban J connectivity index is 1.54. The van der Waals surface area contributed by atoms with Crippen LogP contribution in [0.15, 0.2) is 103 Å². The molecular formula is C27H22F3N3O. The summed E-state index contributed by atoms with van der Waals surface area (Å²) in [6.07, 6.45) is -2.99. The molecule has 2 N–H and O–H groups in total. The number of halogens is 3. The molecule has 0 fully saturated rings. The van der Waals surface area contributed by atoms with Crippen molar-refractivity contribution in [1.82, 2.24) is 10.3 Å². The predicted octanol–water partition coefficient (Wildman–Crippen LogP) is 6.41. The van der Waals surface area contributed by atoms with Gasteiger partial charge in [-0.3, -0.25) is 4.79 Å². The molecule has 0 aliphatic rings. The second-order valence-electron chi connectivity index (χ2n) is 7.69.